The van der Waals surface area contributed by atoms with Crippen molar-refractivity contribution in [1.82, 2.24) is 0 Å². The molecule has 4 fully saturated rings. The van der Waals surface area contributed by atoms with Gasteiger partial charge in [0.25, 0.3) is 0 Å². The Kier molecular flexibility index (Phi) is 3.43. The van der Waals surface area contributed by atoms with E-state index in [0.717, 1.165) is 24.7 Å². The molecule has 4 bridgehead atoms. The highest BCUT2D eigenvalue weighted by molar-refractivity contribution is 5.91. The third-order valence-electron chi connectivity index (χ3n) is 6.20. The highest BCUT2D eigenvalue weighted by Crippen LogP contribution is 2.47. The second-order valence-corrected chi connectivity index (χ2v) is 7.58. The fraction of sp³-hybridized carbons (Fsp3) is 0.882. The van der Waals surface area contributed by atoms with Crippen LogP contribution in [0.25, 0.3) is 0 Å². The van der Waals surface area contributed by atoms with E-state index in [9.17, 15) is 9.59 Å². The van der Waals surface area contributed by atoms with Gasteiger partial charge in [-0.05, 0) is 75.0 Å². The normalized spacial score (nSPS) is 43.2. The molecule has 6 atom stereocenters. The molecule has 21 heavy (non-hydrogen) atoms. The number of fused-ring (bicyclic) bond motifs is 4. The average molecular weight is 292 g/mol. The summed E-state index contributed by atoms with van der Waals surface area (Å²) in [7, 11) is 0. The van der Waals surface area contributed by atoms with Crippen molar-refractivity contribution in [2.45, 2.75) is 70.0 Å². The second-order valence-electron chi connectivity index (χ2n) is 7.58. The molecule has 0 radical (unpaired) electrons. The Balaban J connectivity index is 1.22. The maximum atomic E-state index is 11.9. The van der Waals surface area contributed by atoms with E-state index in [-0.39, 0.29) is 30.6 Å². The number of ether oxygens (including phenoxy) is 2. The average Bonchev–Trinajstić information content (AvgIpc) is 3.18. The van der Waals surface area contributed by atoms with E-state index in [1.807, 2.05) is 0 Å². The first-order valence-corrected chi connectivity index (χ1v) is 8.56. The van der Waals surface area contributed by atoms with E-state index >= 15 is 0 Å². The van der Waals surface area contributed by atoms with Crippen molar-refractivity contribution in [3.63, 3.8) is 0 Å². The molecule has 4 nitrogen and oxygen atoms in total. The van der Waals surface area contributed by atoms with Crippen LogP contribution in [0.2, 0.25) is 0 Å². The van der Waals surface area contributed by atoms with Crippen molar-refractivity contribution in [3.05, 3.63) is 0 Å². The largest absolute Gasteiger partial charge is 0.462 e. The van der Waals surface area contributed by atoms with E-state index in [2.05, 4.69) is 0 Å². The van der Waals surface area contributed by atoms with Crippen molar-refractivity contribution in [1.29, 1.82) is 0 Å². The third-order valence-corrected chi connectivity index (χ3v) is 6.20. The zero-order valence-electron chi connectivity index (χ0n) is 12.5. The van der Waals surface area contributed by atoms with Crippen molar-refractivity contribution in [2.75, 3.05) is 0 Å². The summed E-state index contributed by atoms with van der Waals surface area (Å²) in [5, 5.41) is 0. The minimum atomic E-state index is -0.388. The van der Waals surface area contributed by atoms with Gasteiger partial charge in [0.05, 0.1) is 0 Å². The lowest BCUT2D eigenvalue weighted by Gasteiger charge is -2.23. The number of hydrogen-bond acceptors (Lipinski definition) is 4. The molecule has 0 heterocycles. The monoisotopic (exact) mass is 292 g/mol. The van der Waals surface area contributed by atoms with E-state index in [1.165, 1.54) is 38.5 Å². The van der Waals surface area contributed by atoms with E-state index in [0.29, 0.717) is 11.8 Å². The quantitative estimate of drug-likeness (QED) is 0.590. The first-order chi connectivity index (χ1) is 10.2. The molecule has 0 saturated heterocycles. The van der Waals surface area contributed by atoms with Crippen LogP contribution in [0.1, 0.15) is 57.8 Å². The van der Waals surface area contributed by atoms with Crippen LogP contribution in [0.3, 0.4) is 0 Å². The third kappa shape index (κ3) is 2.69. The summed E-state index contributed by atoms with van der Waals surface area (Å²) >= 11 is 0. The predicted octanol–water partition coefficient (Wildman–Crippen LogP) is 2.84. The summed E-state index contributed by atoms with van der Waals surface area (Å²) in [5.41, 5.74) is 0. The Bertz CT molecular complexity index is 406. The molecule has 0 aromatic carbocycles. The molecule has 4 saturated carbocycles. The summed E-state index contributed by atoms with van der Waals surface area (Å²) in [4.78, 5) is 23.8. The smallest absolute Gasteiger partial charge is 0.317 e. The van der Waals surface area contributed by atoms with Crippen molar-refractivity contribution >= 4 is 11.9 Å². The van der Waals surface area contributed by atoms with Gasteiger partial charge in [-0.1, -0.05) is 0 Å². The first kappa shape index (κ1) is 13.6. The summed E-state index contributed by atoms with van der Waals surface area (Å²) in [5.74, 6) is 1.80. The standard InChI is InChI=1S/C17H24O4/c18-16(20-14-7-10-1-3-12(14)5-10)9-17(19)21-15-8-11-2-4-13(15)6-11/h10-15H,1-9H2. The topological polar surface area (TPSA) is 52.6 Å². The Morgan fingerprint density at radius 1 is 0.714 bits per heavy atom. The summed E-state index contributed by atoms with van der Waals surface area (Å²) in [6, 6.07) is 0. The van der Waals surface area contributed by atoms with Gasteiger partial charge >= 0.3 is 11.9 Å². The molecule has 4 aliphatic carbocycles. The molecule has 0 aliphatic heterocycles. The van der Waals surface area contributed by atoms with E-state index < -0.39 is 0 Å². The summed E-state index contributed by atoms with van der Waals surface area (Å²) < 4.78 is 11.0. The molecule has 0 aromatic heterocycles. The molecule has 4 heteroatoms. The Morgan fingerprint density at radius 3 is 1.52 bits per heavy atom. The summed E-state index contributed by atoms with van der Waals surface area (Å²) in [6.07, 6.45) is 9.24. The van der Waals surface area contributed by atoms with E-state index in [4.69, 9.17) is 9.47 Å². The Hall–Kier alpha value is -1.06. The Labute approximate surface area is 125 Å². The molecule has 0 N–H and O–H groups in total. The molecule has 6 unspecified atom stereocenters. The number of rotatable bonds is 4. The fourth-order valence-corrected chi connectivity index (χ4v) is 5.20. The Morgan fingerprint density at radius 2 is 1.19 bits per heavy atom. The van der Waals surface area contributed by atoms with Gasteiger partial charge in [0.15, 0.2) is 0 Å². The van der Waals surface area contributed by atoms with Crippen molar-refractivity contribution in [3.8, 4) is 0 Å². The van der Waals surface area contributed by atoms with Gasteiger partial charge in [-0.2, -0.15) is 0 Å². The number of hydrogen-bond donors (Lipinski definition) is 0. The van der Waals surface area contributed by atoms with Crippen LogP contribution in [-0.4, -0.2) is 24.1 Å². The van der Waals surface area contributed by atoms with E-state index in [1.54, 1.807) is 0 Å². The molecule has 0 spiro atoms. The minimum absolute atomic E-state index is 0.0616. The molecule has 0 aromatic rings. The van der Waals surface area contributed by atoms with Gasteiger partial charge in [-0.3, -0.25) is 9.59 Å². The molecule has 4 aliphatic rings. The first-order valence-electron chi connectivity index (χ1n) is 8.56. The van der Waals surface area contributed by atoms with Gasteiger partial charge < -0.3 is 9.47 Å². The molecule has 0 amide bonds. The zero-order chi connectivity index (χ0) is 14.4. The highest BCUT2D eigenvalue weighted by atomic mass is 16.6. The number of carbonyl (C=O) groups is 2. The van der Waals surface area contributed by atoms with Crippen LogP contribution in [0, 0.1) is 23.7 Å². The highest BCUT2D eigenvalue weighted by Gasteiger charge is 2.43. The van der Waals surface area contributed by atoms with Gasteiger partial charge in [0.1, 0.15) is 18.6 Å². The van der Waals surface area contributed by atoms with Crippen molar-refractivity contribution in [2.24, 2.45) is 23.7 Å². The van der Waals surface area contributed by atoms with Crippen LogP contribution in [0.4, 0.5) is 0 Å². The van der Waals surface area contributed by atoms with Crippen LogP contribution < -0.4 is 0 Å². The molecule has 4 rings (SSSR count). The maximum Gasteiger partial charge on any atom is 0.317 e. The number of carbonyl (C=O) groups excluding carboxylic acids is 2. The minimum Gasteiger partial charge on any atom is -0.462 e. The second kappa shape index (κ2) is 5.29. The SMILES string of the molecule is O=C(CC(=O)OC1CC2CCC1C2)OC1CC2CCC1C2. The lowest BCUT2D eigenvalue weighted by molar-refractivity contribution is -0.163. The van der Waals surface area contributed by atoms with Crippen LogP contribution in [0.15, 0.2) is 0 Å². The fourth-order valence-electron chi connectivity index (χ4n) is 5.20. The van der Waals surface area contributed by atoms with Crippen LogP contribution >= 0.6 is 0 Å². The predicted molar refractivity (Wildman–Crippen MR) is 75.3 cm³/mol. The van der Waals surface area contributed by atoms with Gasteiger partial charge in [0, 0.05) is 0 Å². The summed E-state index contributed by atoms with van der Waals surface area (Å²) in [6.45, 7) is 0. The zero-order valence-corrected chi connectivity index (χ0v) is 12.5. The van der Waals surface area contributed by atoms with Gasteiger partial charge in [-0.25, -0.2) is 0 Å². The lowest BCUT2D eigenvalue weighted by atomic mass is 9.97. The lowest BCUT2D eigenvalue weighted by Crippen LogP contribution is -2.28. The maximum absolute atomic E-state index is 11.9. The van der Waals surface area contributed by atoms with Gasteiger partial charge in [-0.15, -0.1) is 0 Å². The van der Waals surface area contributed by atoms with Crippen LogP contribution in [0.5, 0.6) is 0 Å². The van der Waals surface area contributed by atoms with Gasteiger partial charge in [0.2, 0.25) is 0 Å². The molecule has 116 valence electrons. The van der Waals surface area contributed by atoms with Crippen molar-refractivity contribution < 1.29 is 19.1 Å². The molecular weight excluding hydrogens is 268 g/mol. The van der Waals surface area contributed by atoms with Crippen LogP contribution in [-0.2, 0) is 19.1 Å². The molecular formula is C17H24O4. The number of esters is 2.